The third kappa shape index (κ3) is 3.95. The molecule has 0 heterocycles. The van der Waals surface area contributed by atoms with Gasteiger partial charge in [-0.2, -0.15) is 0 Å². The molecule has 0 spiro atoms. The molecule has 4 heteroatoms. The summed E-state index contributed by atoms with van der Waals surface area (Å²) in [6.45, 7) is 2.94. The van der Waals surface area contributed by atoms with E-state index in [1.54, 1.807) is 0 Å². The number of hydrogen-bond donors (Lipinski definition) is 1. The van der Waals surface area contributed by atoms with Gasteiger partial charge < -0.3 is 10.1 Å². The van der Waals surface area contributed by atoms with Crippen molar-refractivity contribution in [3.63, 3.8) is 0 Å². The van der Waals surface area contributed by atoms with E-state index in [1.165, 1.54) is 18.2 Å². The number of nitrogens with one attached hydrogen (secondary N) is 1. The van der Waals surface area contributed by atoms with Gasteiger partial charge in [0.05, 0.1) is 6.61 Å². The summed E-state index contributed by atoms with van der Waals surface area (Å²) in [5, 5.41) is 2.75. The largest absolute Gasteiger partial charge is 0.494 e. The van der Waals surface area contributed by atoms with Crippen LogP contribution in [0.15, 0.2) is 42.5 Å². The van der Waals surface area contributed by atoms with Crippen molar-refractivity contribution in [2.24, 2.45) is 0 Å². The van der Waals surface area contributed by atoms with Crippen molar-refractivity contribution in [1.29, 1.82) is 0 Å². The second kappa shape index (κ2) is 6.89. The predicted molar refractivity (Wildman–Crippen MR) is 76.1 cm³/mol. The Morgan fingerprint density at radius 3 is 2.45 bits per heavy atom. The van der Waals surface area contributed by atoms with Crippen LogP contribution in [0, 0.1) is 18.6 Å². The number of aryl methyl sites for hydroxylation is 1. The van der Waals surface area contributed by atoms with Crippen LogP contribution in [0.25, 0.3) is 0 Å². The summed E-state index contributed by atoms with van der Waals surface area (Å²) in [5.41, 5.74) is 1.05. The summed E-state index contributed by atoms with van der Waals surface area (Å²) < 4.78 is 32.2. The van der Waals surface area contributed by atoms with Gasteiger partial charge in [-0.3, -0.25) is 0 Å². The van der Waals surface area contributed by atoms with Crippen molar-refractivity contribution in [3.8, 4) is 5.75 Å². The lowest BCUT2D eigenvalue weighted by Gasteiger charge is -2.10. The fourth-order valence-electron chi connectivity index (χ4n) is 1.85. The van der Waals surface area contributed by atoms with Gasteiger partial charge in [0.15, 0.2) is 0 Å². The average molecular weight is 277 g/mol. The maximum absolute atomic E-state index is 13.3. The minimum Gasteiger partial charge on any atom is -0.494 e. The standard InChI is InChI=1S/C16H17F2NO/c1-12-5-2-6-13(11-12)20-10-4-9-19-16-14(17)7-3-8-15(16)18/h2-3,5-8,11,19H,4,9-10H2,1H3. The third-order valence-electron chi connectivity index (χ3n) is 2.84. The Bertz CT molecular complexity index is 552. The molecule has 1 N–H and O–H groups in total. The summed E-state index contributed by atoms with van der Waals surface area (Å²) in [6, 6.07) is 11.6. The molecule has 0 unspecified atom stereocenters. The number of rotatable bonds is 6. The Labute approximate surface area is 117 Å². The highest BCUT2D eigenvalue weighted by molar-refractivity contribution is 5.45. The van der Waals surface area contributed by atoms with Crippen LogP contribution in [0.2, 0.25) is 0 Å². The molecule has 0 aromatic heterocycles. The molecule has 0 bridgehead atoms. The molecule has 0 aliphatic heterocycles. The number of benzene rings is 2. The van der Waals surface area contributed by atoms with Crippen LogP contribution in [0.5, 0.6) is 5.75 Å². The SMILES string of the molecule is Cc1cccc(OCCCNc2c(F)cccc2F)c1. The van der Waals surface area contributed by atoms with E-state index >= 15 is 0 Å². The Balaban J connectivity index is 1.74. The topological polar surface area (TPSA) is 21.3 Å². The van der Waals surface area contributed by atoms with E-state index in [2.05, 4.69) is 5.32 Å². The van der Waals surface area contributed by atoms with Crippen LogP contribution >= 0.6 is 0 Å². The van der Waals surface area contributed by atoms with Crippen LogP contribution in [0.1, 0.15) is 12.0 Å². The van der Waals surface area contributed by atoms with Crippen molar-refractivity contribution < 1.29 is 13.5 Å². The second-order valence-electron chi connectivity index (χ2n) is 4.54. The van der Waals surface area contributed by atoms with Gasteiger partial charge in [0.25, 0.3) is 0 Å². The number of hydrogen-bond acceptors (Lipinski definition) is 2. The monoisotopic (exact) mass is 277 g/mol. The molecule has 0 saturated heterocycles. The summed E-state index contributed by atoms with van der Waals surface area (Å²) in [6.07, 6.45) is 0.654. The van der Waals surface area contributed by atoms with Crippen LogP contribution in [-0.2, 0) is 0 Å². The zero-order valence-electron chi connectivity index (χ0n) is 11.3. The molecule has 0 radical (unpaired) electrons. The molecule has 20 heavy (non-hydrogen) atoms. The summed E-state index contributed by atoms with van der Waals surface area (Å²) >= 11 is 0. The fourth-order valence-corrected chi connectivity index (χ4v) is 1.85. The van der Waals surface area contributed by atoms with E-state index in [0.717, 1.165) is 11.3 Å². The van der Waals surface area contributed by atoms with Crippen molar-refractivity contribution in [1.82, 2.24) is 0 Å². The maximum atomic E-state index is 13.3. The molecule has 0 aliphatic carbocycles. The molecule has 0 amide bonds. The van der Waals surface area contributed by atoms with Gasteiger partial charge in [0.1, 0.15) is 23.1 Å². The molecular weight excluding hydrogens is 260 g/mol. The van der Waals surface area contributed by atoms with Crippen LogP contribution < -0.4 is 10.1 Å². The Morgan fingerprint density at radius 1 is 1.05 bits per heavy atom. The van der Waals surface area contributed by atoms with Gasteiger partial charge in [-0.1, -0.05) is 18.2 Å². The normalized spacial score (nSPS) is 10.3. The van der Waals surface area contributed by atoms with E-state index in [9.17, 15) is 8.78 Å². The molecule has 2 aromatic carbocycles. The number of anilines is 1. The van der Waals surface area contributed by atoms with Crippen molar-refractivity contribution >= 4 is 5.69 Å². The van der Waals surface area contributed by atoms with Crippen molar-refractivity contribution in [3.05, 3.63) is 59.7 Å². The first-order valence-electron chi connectivity index (χ1n) is 6.54. The molecule has 106 valence electrons. The molecule has 2 aromatic rings. The van der Waals surface area contributed by atoms with E-state index in [1.807, 2.05) is 31.2 Å². The molecule has 0 atom stereocenters. The maximum Gasteiger partial charge on any atom is 0.149 e. The number of para-hydroxylation sites is 1. The predicted octanol–water partition coefficient (Wildman–Crippen LogP) is 4.15. The van der Waals surface area contributed by atoms with Gasteiger partial charge in [0, 0.05) is 6.54 Å². The highest BCUT2D eigenvalue weighted by atomic mass is 19.1. The van der Waals surface area contributed by atoms with Crippen LogP contribution in [0.3, 0.4) is 0 Å². The zero-order valence-corrected chi connectivity index (χ0v) is 11.3. The Morgan fingerprint density at radius 2 is 1.75 bits per heavy atom. The van der Waals surface area contributed by atoms with E-state index < -0.39 is 11.6 Å². The zero-order chi connectivity index (χ0) is 14.4. The number of halogens is 2. The molecule has 2 nitrogen and oxygen atoms in total. The molecule has 0 fully saturated rings. The Kier molecular flexibility index (Phi) is 4.93. The smallest absolute Gasteiger partial charge is 0.149 e. The summed E-state index contributed by atoms with van der Waals surface area (Å²) in [7, 11) is 0. The van der Waals surface area contributed by atoms with Crippen molar-refractivity contribution in [2.75, 3.05) is 18.5 Å². The van der Waals surface area contributed by atoms with Crippen LogP contribution in [-0.4, -0.2) is 13.2 Å². The lowest BCUT2D eigenvalue weighted by molar-refractivity contribution is 0.314. The molecule has 0 saturated carbocycles. The quantitative estimate of drug-likeness (QED) is 0.801. The molecule has 0 aliphatic rings. The minimum absolute atomic E-state index is 0.0805. The molecular formula is C16H17F2NO. The Hall–Kier alpha value is -2.10. The first kappa shape index (κ1) is 14.3. The van der Waals surface area contributed by atoms with Gasteiger partial charge in [0.2, 0.25) is 0 Å². The third-order valence-corrected chi connectivity index (χ3v) is 2.84. The van der Waals surface area contributed by atoms with Crippen LogP contribution in [0.4, 0.5) is 14.5 Å². The van der Waals surface area contributed by atoms with E-state index in [4.69, 9.17) is 4.74 Å². The fraction of sp³-hybridized carbons (Fsp3) is 0.250. The minimum atomic E-state index is -0.579. The molecule has 2 rings (SSSR count). The van der Waals surface area contributed by atoms with Gasteiger partial charge in [-0.15, -0.1) is 0 Å². The number of ether oxygens (including phenoxy) is 1. The lowest BCUT2D eigenvalue weighted by atomic mass is 10.2. The van der Waals surface area contributed by atoms with E-state index in [0.29, 0.717) is 19.6 Å². The van der Waals surface area contributed by atoms with E-state index in [-0.39, 0.29) is 5.69 Å². The lowest BCUT2D eigenvalue weighted by Crippen LogP contribution is -2.09. The van der Waals surface area contributed by atoms with Gasteiger partial charge in [-0.25, -0.2) is 8.78 Å². The van der Waals surface area contributed by atoms with Gasteiger partial charge >= 0.3 is 0 Å². The summed E-state index contributed by atoms with van der Waals surface area (Å²) in [5.74, 6) is -0.351. The summed E-state index contributed by atoms with van der Waals surface area (Å²) in [4.78, 5) is 0. The van der Waals surface area contributed by atoms with Gasteiger partial charge in [-0.05, 0) is 43.2 Å². The first-order valence-corrected chi connectivity index (χ1v) is 6.54. The second-order valence-corrected chi connectivity index (χ2v) is 4.54. The highest BCUT2D eigenvalue weighted by Gasteiger charge is 2.06. The van der Waals surface area contributed by atoms with Crippen molar-refractivity contribution in [2.45, 2.75) is 13.3 Å². The highest BCUT2D eigenvalue weighted by Crippen LogP contribution is 2.18. The average Bonchev–Trinajstić information content (AvgIpc) is 2.41. The first-order chi connectivity index (χ1) is 9.66.